The molecular formula is C17H17ClFNO4S. The maximum absolute atomic E-state index is 14.0. The van der Waals surface area contributed by atoms with E-state index < -0.39 is 21.7 Å². The van der Waals surface area contributed by atoms with Gasteiger partial charge in [-0.15, -0.1) is 0 Å². The summed E-state index contributed by atoms with van der Waals surface area (Å²) in [7, 11) is -3.17. The highest BCUT2D eigenvalue weighted by molar-refractivity contribution is 7.91. The van der Waals surface area contributed by atoms with Crippen LogP contribution in [0.3, 0.4) is 0 Å². The summed E-state index contributed by atoms with van der Waals surface area (Å²) in [4.78, 5) is 14.3. The number of hydrogen-bond acceptors (Lipinski definition) is 4. The second-order valence-electron chi connectivity index (χ2n) is 6.03. The largest absolute Gasteiger partial charge is 0.467 e. The van der Waals surface area contributed by atoms with Crippen molar-refractivity contribution < 1.29 is 22.0 Å². The molecule has 1 atom stereocenters. The maximum atomic E-state index is 14.0. The zero-order valence-electron chi connectivity index (χ0n) is 13.3. The molecule has 1 aromatic carbocycles. The molecule has 8 heteroatoms. The van der Waals surface area contributed by atoms with Gasteiger partial charge in [-0.1, -0.05) is 17.7 Å². The van der Waals surface area contributed by atoms with Crippen LogP contribution in [0.4, 0.5) is 4.39 Å². The van der Waals surface area contributed by atoms with Crippen molar-refractivity contribution in [1.29, 1.82) is 0 Å². The van der Waals surface area contributed by atoms with Crippen molar-refractivity contribution in [3.05, 3.63) is 58.8 Å². The molecule has 134 valence electrons. The Bertz CT molecular complexity index is 847. The Morgan fingerprint density at radius 3 is 2.72 bits per heavy atom. The minimum Gasteiger partial charge on any atom is -0.467 e. The van der Waals surface area contributed by atoms with E-state index in [0.717, 1.165) is 0 Å². The lowest BCUT2D eigenvalue weighted by Crippen LogP contribution is -2.41. The van der Waals surface area contributed by atoms with E-state index in [0.29, 0.717) is 12.2 Å². The second kappa shape index (κ2) is 7.17. The lowest BCUT2D eigenvalue weighted by molar-refractivity contribution is -0.133. The fourth-order valence-electron chi connectivity index (χ4n) is 2.97. The van der Waals surface area contributed by atoms with E-state index in [2.05, 4.69) is 0 Å². The highest BCUT2D eigenvalue weighted by Gasteiger charge is 2.35. The highest BCUT2D eigenvalue weighted by atomic mass is 35.5. The topological polar surface area (TPSA) is 67.6 Å². The molecule has 3 rings (SSSR count). The van der Waals surface area contributed by atoms with Crippen molar-refractivity contribution >= 4 is 27.3 Å². The molecule has 0 spiro atoms. The van der Waals surface area contributed by atoms with E-state index in [1.165, 1.54) is 29.4 Å². The molecule has 0 unspecified atom stereocenters. The first-order valence-corrected chi connectivity index (χ1v) is 10.0. The van der Waals surface area contributed by atoms with Gasteiger partial charge in [0.15, 0.2) is 9.84 Å². The highest BCUT2D eigenvalue weighted by Crippen LogP contribution is 2.24. The van der Waals surface area contributed by atoms with Crippen LogP contribution in [0.5, 0.6) is 0 Å². The second-order valence-corrected chi connectivity index (χ2v) is 8.67. The van der Waals surface area contributed by atoms with E-state index in [-0.39, 0.29) is 41.0 Å². The van der Waals surface area contributed by atoms with Crippen molar-refractivity contribution in [2.75, 3.05) is 11.5 Å². The summed E-state index contributed by atoms with van der Waals surface area (Å²) < 4.78 is 42.9. The van der Waals surface area contributed by atoms with Crippen LogP contribution in [0.25, 0.3) is 0 Å². The zero-order valence-corrected chi connectivity index (χ0v) is 14.9. The van der Waals surface area contributed by atoms with Gasteiger partial charge >= 0.3 is 0 Å². The van der Waals surface area contributed by atoms with E-state index in [1.54, 1.807) is 12.1 Å². The predicted octanol–water partition coefficient (Wildman–Crippen LogP) is 2.83. The van der Waals surface area contributed by atoms with Gasteiger partial charge in [-0.05, 0) is 30.7 Å². The fraction of sp³-hybridized carbons (Fsp3) is 0.353. The summed E-state index contributed by atoms with van der Waals surface area (Å²) in [5.74, 6) is -0.453. The van der Waals surface area contributed by atoms with Crippen LogP contribution >= 0.6 is 11.6 Å². The van der Waals surface area contributed by atoms with Crippen LogP contribution < -0.4 is 0 Å². The quantitative estimate of drug-likeness (QED) is 0.793. The van der Waals surface area contributed by atoms with Gasteiger partial charge in [-0.2, -0.15) is 0 Å². The van der Waals surface area contributed by atoms with E-state index in [4.69, 9.17) is 16.0 Å². The summed E-state index contributed by atoms with van der Waals surface area (Å²) in [5, 5.41) is 0.172. The van der Waals surface area contributed by atoms with Gasteiger partial charge in [0.2, 0.25) is 5.91 Å². The third-order valence-electron chi connectivity index (χ3n) is 4.27. The smallest absolute Gasteiger partial charge is 0.227 e. The number of carbonyl (C=O) groups is 1. The minimum absolute atomic E-state index is 0.0417. The third kappa shape index (κ3) is 4.22. The van der Waals surface area contributed by atoms with Crippen LogP contribution in [-0.4, -0.2) is 36.8 Å². The van der Waals surface area contributed by atoms with Gasteiger partial charge < -0.3 is 9.32 Å². The van der Waals surface area contributed by atoms with Gasteiger partial charge in [0.1, 0.15) is 11.6 Å². The Balaban J connectivity index is 1.84. The summed E-state index contributed by atoms with van der Waals surface area (Å²) in [5.41, 5.74) is 0.111. The Kier molecular flexibility index (Phi) is 5.15. The van der Waals surface area contributed by atoms with E-state index in [9.17, 15) is 17.6 Å². The first kappa shape index (κ1) is 17.9. The molecule has 0 N–H and O–H groups in total. The summed E-state index contributed by atoms with van der Waals surface area (Å²) in [6.45, 7) is 0.137. The van der Waals surface area contributed by atoms with Crippen molar-refractivity contribution in [3.63, 3.8) is 0 Å². The summed E-state index contributed by atoms with van der Waals surface area (Å²) >= 11 is 6.00. The number of nitrogens with zero attached hydrogens (tertiary/aromatic N) is 1. The third-order valence-corrected chi connectivity index (χ3v) is 6.37. The molecular weight excluding hydrogens is 369 g/mol. The predicted molar refractivity (Wildman–Crippen MR) is 91.4 cm³/mol. The summed E-state index contributed by atoms with van der Waals surface area (Å²) in [6.07, 6.45) is 1.61. The molecule has 0 saturated carbocycles. The van der Waals surface area contributed by atoms with Crippen LogP contribution in [-0.2, 0) is 27.6 Å². The number of benzene rings is 1. The number of amides is 1. The van der Waals surface area contributed by atoms with Gasteiger partial charge in [-0.25, -0.2) is 12.8 Å². The first-order chi connectivity index (χ1) is 11.9. The minimum atomic E-state index is -3.17. The van der Waals surface area contributed by atoms with Crippen LogP contribution in [0.2, 0.25) is 5.02 Å². The lowest BCUT2D eigenvalue weighted by atomic mass is 10.1. The van der Waals surface area contributed by atoms with Gasteiger partial charge in [0.05, 0.1) is 30.7 Å². The van der Waals surface area contributed by atoms with Gasteiger partial charge in [0.25, 0.3) is 0 Å². The number of hydrogen-bond donors (Lipinski definition) is 0. The number of carbonyl (C=O) groups excluding carboxylic acids is 1. The Morgan fingerprint density at radius 2 is 2.12 bits per heavy atom. The lowest BCUT2D eigenvalue weighted by Gasteiger charge is -2.27. The van der Waals surface area contributed by atoms with Gasteiger partial charge in [-0.3, -0.25) is 4.79 Å². The number of sulfone groups is 1. The van der Waals surface area contributed by atoms with Crippen molar-refractivity contribution in [3.8, 4) is 0 Å². The first-order valence-electron chi connectivity index (χ1n) is 7.81. The van der Waals surface area contributed by atoms with Crippen LogP contribution in [0, 0.1) is 5.82 Å². The molecule has 5 nitrogen and oxygen atoms in total. The fourth-order valence-corrected chi connectivity index (χ4v) is 4.93. The monoisotopic (exact) mass is 385 g/mol. The van der Waals surface area contributed by atoms with Crippen LogP contribution in [0.15, 0.2) is 41.0 Å². The molecule has 0 radical (unpaired) electrons. The standard InChI is InChI=1S/C17H17ClFNO4S/c18-15-4-1-5-16(19)14(15)9-17(21)20(10-13-3-2-7-24-13)12-6-8-25(22,23)11-12/h1-5,7,12H,6,8-11H2/t12-/m0/s1. The Hall–Kier alpha value is -1.86. The summed E-state index contributed by atoms with van der Waals surface area (Å²) in [6, 6.07) is 7.18. The molecule has 0 bridgehead atoms. The normalized spacial score (nSPS) is 19.0. The molecule has 2 aromatic rings. The average molecular weight is 386 g/mol. The maximum Gasteiger partial charge on any atom is 0.227 e. The van der Waals surface area contributed by atoms with Crippen molar-refractivity contribution in [2.24, 2.45) is 0 Å². The molecule has 1 amide bonds. The molecule has 2 heterocycles. The Morgan fingerprint density at radius 1 is 1.32 bits per heavy atom. The van der Waals surface area contributed by atoms with Crippen molar-refractivity contribution in [1.82, 2.24) is 4.90 Å². The molecule has 1 aliphatic heterocycles. The molecule has 1 fully saturated rings. The SMILES string of the molecule is O=C(Cc1c(F)cccc1Cl)N(Cc1ccco1)[C@H]1CCS(=O)(=O)C1. The van der Waals surface area contributed by atoms with Gasteiger partial charge in [0, 0.05) is 16.6 Å². The molecule has 1 aliphatic rings. The number of halogens is 2. The average Bonchev–Trinajstić information content (AvgIpc) is 3.17. The number of furan rings is 1. The Labute approximate surface area is 150 Å². The van der Waals surface area contributed by atoms with E-state index in [1.807, 2.05) is 0 Å². The van der Waals surface area contributed by atoms with Crippen molar-refractivity contribution in [2.45, 2.75) is 25.4 Å². The van der Waals surface area contributed by atoms with Crippen LogP contribution in [0.1, 0.15) is 17.7 Å². The molecule has 1 saturated heterocycles. The molecule has 1 aromatic heterocycles. The number of rotatable bonds is 5. The molecule has 0 aliphatic carbocycles. The molecule has 25 heavy (non-hydrogen) atoms. The van der Waals surface area contributed by atoms with E-state index >= 15 is 0 Å². The zero-order chi connectivity index (χ0) is 18.0.